The third-order valence-corrected chi connectivity index (χ3v) is 4.67. The van der Waals surface area contributed by atoms with E-state index in [1.54, 1.807) is 6.20 Å². The van der Waals surface area contributed by atoms with Crippen LogP contribution >= 0.6 is 11.6 Å². The van der Waals surface area contributed by atoms with E-state index in [1.807, 2.05) is 48.2 Å². The van der Waals surface area contributed by atoms with Gasteiger partial charge < -0.3 is 9.80 Å². The minimum Gasteiger partial charge on any atom is -0.362 e. The standard InChI is InChI=1S/C19H23ClN4O/c1-22(2)18-17(4-3-9-21-18)19(25)24-12-10-23(11-13-24)14-15-5-7-16(20)8-6-15/h3-9H,10-14H2,1-2H3. The van der Waals surface area contributed by atoms with Crippen LogP contribution in [0.3, 0.4) is 0 Å². The lowest BCUT2D eigenvalue weighted by Crippen LogP contribution is -2.48. The topological polar surface area (TPSA) is 39.7 Å². The van der Waals surface area contributed by atoms with Crippen molar-refractivity contribution in [3.8, 4) is 0 Å². The largest absolute Gasteiger partial charge is 0.362 e. The van der Waals surface area contributed by atoms with E-state index in [0.717, 1.165) is 43.6 Å². The highest BCUT2D eigenvalue weighted by Gasteiger charge is 2.24. The Morgan fingerprint density at radius 3 is 2.44 bits per heavy atom. The molecular weight excluding hydrogens is 336 g/mol. The molecule has 25 heavy (non-hydrogen) atoms. The quantitative estimate of drug-likeness (QED) is 0.842. The summed E-state index contributed by atoms with van der Waals surface area (Å²) in [6.45, 7) is 4.08. The Morgan fingerprint density at radius 2 is 1.80 bits per heavy atom. The SMILES string of the molecule is CN(C)c1ncccc1C(=O)N1CCN(Cc2ccc(Cl)cc2)CC1. The lowest BCUT2D eigenvalue weighted by atomic mass is 10.1. The van der Waals surface area contributed by atoms with E-state index in [4.69, 9.17) is 11.6 Å². The molecule has 1 aliphatic rings. The summed E-state index contributed by atoms with van der Waals surface area (Å²) in [5.41, 5.74) is 1.91. The molecular formula is C19H23ClN4O. The number of carbonyl (C=O) groups excluding carboxylic acids is 1. The molecule has 5 nitrogen and oxygen atoms in total. The number of halogens is 1. The average Bonchev–Trinajstić information content (AvgIpc) is 2.63. The second-order valence-electron chi connectivity index (χ2n) is 6.46. The normalized spacial score (nSPS) is 15.2. The molecule has 0 spiro atoms. The molecule has 3 rings (SSSR count). The van der Waals surface area contributed by atoms with Crippen molar-refractivity contribution in [1.82, 2.24) is 14.8 Å². The number of rotatable bonds is 4. The van der Waals surface area contributed by atoms with Crippen LogP contribution in [0.4, 0.5) is 5.82 Å². The summed E-state index contributed by atoms with van der Waals surface area (Å²) in [6, 6.07) is 11.6. The zero-order valence-electron chi connectivity index (χ0n) is 14.7. The number of amides is 1. The van der Waals surface area contributed by atoms with Crippen LogP contribution in [0.2, 0.25) is 5.02 Å². The molecule has 1 amide bonds. The second-order valence-corrected chi connectivity index (χ2v) is 6.90. The van der Waals surface area contributed by atoms with Crippen molar-refractivity contribution in [3.05, 3.63) is 58.7 Å². The number of aromatic nitrogens is 1. The van der Waals surface area contributed by atoms with Crippen molar-refractivity contribution >= 4 is 23.3 Å². The number of hydrogen-bond donors (Lipinski definition) is 0. The fourth-order valence-corrected chi connectivity index (χ4v) is 3.17. The summed E-state index contributed by atoms with van der Waals surface area (Å²) in [5, 5.41) is 0.757. The summed E-state index contributed by atoms with van der Waals surface area (Å²) in [6.07, 6.45) is 1.72. The van der Waals surface area contributed by atoms with E-state index in [0.29, 0.717) is 5.56 Å². The van der Waals surface area contributed by atoms with Crippen LogP contribution in [0.5, 0.6) is 0 Å². The first-order valence-corrected chi connectivity index (χ1v) is 8.81. The highest BCUT2D eigenvalue weighted by Crippen LogP contribution is 2.18. The Labute approximate surface area is 153 Å². The first-order valence-electron chi connectivity index (χ1n) is 8.43. The van der Waals surface area contributed by atoms with Gasteiger partial charge in [0.25, 0.3) is 5.91 Å². The molecule has 0 radical (unpaired) electrons. The van der Waals surface area contributed by atoms with Gasteiger partial charge >= 0.3 is 0 Å². The minimum atomic E-state index is 0.0583. The van der Waals surface area contributed by atoms with Gasteiger partial charge in [-0.15, -0.1) is 0 Å². The molecule has 0 aliphatic carbocycles. The van der Waals surface area contributed by atoms with Gasteiger partial charge in [0.15, 0.2) is 0 Å². The van der Waals surface area contributed by atoms with Crippen LogP contribution < -0.4 is 4.90 Å². The van der Waals surface area contributed by atoms with E-state index >= 15 is 0 Å². The molecule has 0 atom stereocenters. The number of anilines is 1. The predicted molar refractivity (Wildman–Crippen MR) is 101 cm³/mol. The first kappa shape index (κ1) is 17.7. The van der Waals surface area contributed by atoms with Crippen molar-refractivity contribution in [1.29, 1.82) is 0 Å². The molecule has 132 valence electrons. The van der Waals surface area contributed by atoms with Gasteiger partial charge in [0.1, 0.15) is 5.82 Å². The third kappa shape index (κ3) is 4.30. The summed E-state index contributed by atoms with van der Waals surface area (Å²) in [4.78, 5) is 23.3. The van der Waals surface area contributed by atoms with Crippen molar-refractivity contribution in [2.75, 3.05) is 45.2 Å². The Bertz CT molecular complexity index is 724. The predicted octanol–water partition coefficient (Wildman–Crippen LogP) is 2.76. The van der Waals surface area contributed by atoms with E-state index in [1.165, 1.54) is 5.56 Å². The van der Waals surface area contributed by atoms with Crippen LogP contribution in [0.25, 0.3) is 0 Å². The maximum atomic E-state index is 12.9. The molecule has 6 heteroatoms. The smallest absolute Gasteiger partial charge is 0.257 e. The highest BCUT2D eigenvalue weighted by molar-refractivity contribution is 6.30. The summed E-state index contributed by atoms with van der Waals surface area (Å²) in [7, 11) is 3.81. The Balaban J connectivity index is 1.60. The molecule has 0 unspecified atom stereocenters. The van der Waals surface area contributed by atoms with Crippen LogP contribution in [0.15, 0.2) is 42.6 Å². The number of carbonyl (C=O) groups is 1. The number of piperazine rings is 1. The second kappa shape index (κ2) is 7.85. The average molecular weight is 359 g/mol. The van der Waals surface area contributed by atoms with Crippen molar-refractivity contribution in [2.24, 2.45) is 0 Å². The van der Waals surface area contributed by atoms with Gasteiger partial charge in [-0.25, -0.2) is 4.98 Å². The molecule has 0 bridgehead atoms. The molecule has 1 saturated heterocycles. The number of nitrogens with zero attached hydrogens (tertiary/aromatic N) is 4. The maximum absolute atomic E-state index is 12.9. The summed E-state index contributed by atoms with van der Waals surface area (Å²) >= 11 is 5.94. The van der Waals surface area contributed by atoms with Gasteiger partial charge in [-0.05, 0) is 29.8 Å². The van der Waals surface area contributed by atoms with E-state index in [9.17, 15) is 4.79 Å². The molecule has 1 fully saturated rings. The molecule has 2 heterocycles. The lowest BCUT2D eigenvalue weighted by Gasteiger charge is -2.35. The van der Waals surface area contributed by atoms with Crippen molar-refractivity contribution in [3.63, 3.8) is 0 Å². The molecule has 0 N–H and O–H groups in total. The monoisotopic (exact) mass is 358 g/mol. The fourth-order valence-electron chi connectivity index (χ4n) is 3.05. The number of hydrogen-bond acceptors (Lipinski definition) is 4. The molecule has 1 aromatic carbocycles. The van der Waals surface area contributed by atoms with Gasteiger partial charge in [-0.2, -0.15) is 0 Å². The highest BCUT2D eigenvalue weighted by atomic mass is 35.5. The van der Waals surface area contributed by atoms with E-state index in [2.05, 4.69) is 22.0 Å². The fraction of sp³-hybridized carbons (Fsp3) is 0.368. The Morgan fingerprint density at radius 1 is 1.12 bits per heavy atom. The third-order valence-electron chi connectivity index (χ3n) is 4.42. The zero-order chi connectivity index (χ0) is 17.8. The minimum absolute atomic E-state index is 0.0583. The van der Waals surface area contributed by atoms with Gasteiger partial charge in [0, 0.05) is 58.0 Å². The van der Waals surface area contributed by atoms with Gasteiger partial charge in [-0.1, -0.05) is 23.7 Å². The lowest BCUT2D eigenvalue weighted by molar-refractivity contribution is 0.0629. The molecule has 1 aliphatic heterocycles. The van der Waals surface area contributed by atoms with Crippen LogP contribution in [-0.4, -0.2) is 61.0 Å². The number of pyridine rings is 1. The maximum Gasteiger partial charge on any atom is 0.257 e. The summed E-state index contributed by atoms with van der Waals surface area (Å²) < 4.78 is 0. The van der Waals surface area contributed by atoms with E-state index in [-0.39, 0.29) is 5.91 Å². The van der Waals surface area contributed by atoms with Crippen molar-refractivity contribution < 1.29 is 4.79 Å². The zero-order valence-corrected chi connectivity index (χ0v) is 15.4. The Hall–Kier alpha value is -2.11. The van der Waals surface area contributed by atoms with Gasteiger partial charge in [0.05, 0.1) is 5.56 Å². The first-order chi connectivity index (χ1) is 12.0. The van der Waals surface area contributed by atoms with Crippen molar-refractivity contribution in [2.45, 2.75) is 6.54 Å². The molecule has 0 saturated carbocycles. The van der Waals surface area contributed by atoms with Crippen LogP contribution in [0, 0.1) is 0 Å². The van der Waals surface area contributed by atoms with E-state index < -0.39 is 0 Å². The van der Waals surface area contributed by atoms with Gasteiger partial charge in [-0.3, -0.25) is 9.69 Å². The molecule has 1 aromatic heterocycles. The Kier molecular flexibility index (Phi) is 5.56. The van der Waals surface area contributed by atoms with Gasteiger partial charge in [0.2, 0.25) is 0 Å². The molecule has 2 aromatic rings. The summed E-state index contributed by atoms with van der Waals surface area (Å²) in [5.74, 6) is 0.777. The van der Waals surface area contributed by atoms with Crippen LogP contribution in [0.1, 0.15) is 15.9 Å². The van der Waals surface area contributed by atoms with Crippen LogP contribution in [-0.2, 0) is 6.54 Å². The number of benzene rings is 1.